The van der Waals surface area contributed by atoms with E-state index in [1.807, 2.05) is 0 Å². The van der Waals surface area contributed by atoms with Crippen molar-refractivity contribution in [3.05, 3.63) is 24.0 Å². The molecule has 0 aliphatic heterocycles. The molecule has 5 nitrogen and oxygen atoms in total. The normalized spacial score (nSPS) is 11.2. The summed E-state index contributed by atoms with van der Waals surface area (Å²) < 4.78 is 15.2. The summed E-state index contributed by atoms with van der Waals surface area (Å²) in [6, 6.07) is 4.62. The fourth-order valence-electron chi connectivity index (χ4n) is 1.99. The highest BCUT2D eigenvalue weighted by Crippen LogP contribution is 2.22. The fourth-order valence-corrected chi connectivity index (χ4v) is 1.99. The average Bonchev–Trinajstić information content (AvgIpc) is 2.87. The molecule has 1 aromatic carbocycles. The summed E-state index contributed by atoms with van der Waals surface area (Å²) in [6.07, 6.45) is 2.12. The summed E-state index contributed by atoms with van der Waals surface area (Å²) in [7, 11) is 0. The largest absolute Gasteiger partial charge is 0.396 e. The lowest BCUT2D eigenvalue weighted by Gasteiger charge is -2.13. The van der Waals surface area contributed by atoms with Crippen molar-refractivity contribution >= 4 is 5.69 Å². The van der Waals surface area contributed by atoms with Gasteiger partial charge in [0.15, 0.2) is 5.82 Å². The third-order valence-electron chi connectivity index (χ3n) is 3.38. The molecule has 0 bridgehead atoms. The molecule has 0 amide bonds. The van der Waals surface area contributed by atoms with Crippen molar-refractivity contribution in [2.75, 3.05) is 5.73 Å². The highest BCUT2D eigenvalue weighted by atomic mass is 19.1. The number of tetrazole rings is 1. The molecule has 1 heterocycles. The molecule has 0 radical (unpaired) electrons. The average molecular weight is 263 g/mol. The molecule has 0 atom stereocenters. The summed E-state index contributed by atoms with van der Waals surface area (Å²) in [5.41, 5.74) is 6.24. The van der Waals surface area contributed by atoms with Crippen molar-refractivity contribution in [3.63, 3.8) is 0 Å². The van der Waals surface area contributed by atoms with Crippen LogP contribution in [0.15, 0.2) is 18.2 Å². The van der Waals surface area contributed by atoms with E-state index < -0.39 is 5.82 Å². The van der Waals surface area contributed by atoms with Gasteiger partial charge in [0.1, 0.15) is 5.82 Å². The summed E-state index contributed by atoms with van der Waals surface area (Å²) in [5.74, 6) is 0.640. The number of halogens is 1. The van der Waals surface area contributed by atoms with Gasteiger partial charge in [0.05, 0.1) is 5.69 Å². The first kappa shape index (κ1) is 13.5. The maximum Gasteiger partial charge on any atom is 0.182 e. The molecule has 102 valence electrons. The van der Waals surface area contributed by atoms with E-state index in [1.165, 1.54) is 12.1 Å². The molecule has 2 rings (SSSR count). The molecule has 0 saturated heterocycles. The highest BCUT2D eigenvalue weighted by Gasteiger charge is 2.13. The Morgan fingerprint density at radius 1 is 1.32 bits per heavy atom. The smallest absolute Gasteiger partial charge is 0.182 e. The first-order valence-electron chi connectivity index (χ1n) is 6.47. The van der Waals surface area contributed by atoms with E-state index in [0.717, 1.165) is 19.4 Å². The summed E-state index contributed by atoms with van der Waals surface area (Å²) in [5, 5.41) is 11.6. The second kappa shape index (κ2) is 5.77. The van der Waals surface area contributed by atoms with Crippen molar-refractivity contribution in [1.82, 2.24) is 20.2 Å². The van der Waals surface area contributed by atoms with Crippen LogP contribution in [0, 0.1) is 11.7 Å². The van der Waals surface area contributed by atoms with Crippen LogP contribution in [-0.2, 0) is 6.54 Å². The standard InChI is InChI=1S/C13H18FN5/c1-3-9(4-2)8-19-13(16-17-18-19)10-5-6-12(15)11(14)7-10/h5-7,9H,3-4,8,15H2,1-2H3. The topological polar surface area (TPSA) is 69.6 Å². The van der Waals surface area contributed by atoms with Crippen LogP contribution >= 0.6 is 0 Å². The van der Waals surface area contributed by atoms with Gasteiger partial charge in [-0.25, -0.2) is 9.07 Å². The SMILES string of the molecule is CCC(CC)Cn1nnnc1-c1ccc(N)c(F)c1. The number of benzene rings is 1. The molecule has 19 heavy (non-hydrogen) atoms. The van der Waals surface area contributed by atoms with E-state index in [0.29, 0.717) is 17.3 Å². The van der Waals surface area contributed by atoms with Crippen molar-refractivity contribution in [3.8, 4) is 11.4 Å². The zero-order chi connectivity index (χ0) is 13.8. The van der Waals surface area contributed by atoms with Gasteiger partial charge < -0.3 is 5.73 Å². The van der Waals surface area contributed by atoms with Crippen LogP contribution in [0.5, 0.6) is 0 Å². The molecular formula is C13H18FN5. The van der Waals surface area contributed by atoms with Crippen molar-refractivity contribution < 1.29 is 4.39 Å². The number of nitrogens with two attached hydrogens (primary N) is 1. The van der Waals surface area contributed by atoms with Gasteiger partial charge in [-0.05, 0) is 34.5 Å². The van der Waals surface area contributed by atoms with E-state index >= 15 is 0 Å². The quantitative estimate of drug-likeness (QED) is 0.841. The first-order valence-corrected chi connectivity index (χ1v) is 6.47. The number of aromatic nitrogens is 4. The van der Waals surface area contributed by atoms with E-state index in [9.17, 15) is 4.39 Å². The van der Waals surface area contributed by atoms with Crippen LogP contribution in [0.25, 0.3) is 11.4 Å². The predicted molar refractivity (Wildman–Crippen MR) is 71.7 cm³/mol. The van der Waals surface area contributed by atoms with Crippen molar-refractivity contribution in [1.29, 1.82) is 0 Å². The predicted octanol–water partition coefficient (Wildman–Crippen LogP) is 2.50. The molecule has 0 spiro atoms. The maximum atomic E-state index is 13.5. The van der Waals surface area contributed by atoms with Crippen LogP contribution in [0.3, 0.4) is 0 Å². The van der Waals surface area contributed by atoms with Gasteiger partial charge in [-0.15, -0.1) is 5.10 Å². The van der Waals surface area contributed by atoms with Crippen LogP contribution in [-0.4, -0.2) is 20.2 Å². The molecule has 1 aromatic heterocycles. The molecule has 2 aromatic rings. The molecule has 0 aliphatic rings. The van der Waals surface area contributed by atoms with Crippen LogP contribution in [0.2, 0.25) is 0 Å². The number of anilines is 1. The van der Waals surface area contributed by atoms with E-state index in [-0.39, 0.29) is 5.69 Å². The van der Waals surface area contributed by atoms with Gasteiger partial charge in [-0.1, -0.05) is 26.7 Å². The lowest BCUT2D eigenvalue weighted by Crippen LogP contribution is -2.12. The Labute approximate surface area is 111 Å². The molecule has 0 fully saturated rings. The number of nitrogen functional groups attached to an aromatic ring is 1. The molecular weight excluding hydrogens is 245 g/mol. The summed E-state index contributed by atoms with van der Waals surface area (Å²) in [6.45, 7) is 5.02. The van der Waals surface area contributed by atoms with Crippen LogP contribution < -0.4 is 5.73 Å². The molecule has 6 heteroatoms. The minimum atomic E-state index is -0.449. The number of hydrogen-bond acceptors (Lipinski definition) is 4. The van der Waals surface area contributed by atoms with Gasteiger partial charge in [0, 0.05) is 12.1 Å². The monoisotopic (exact) mass is 263 g/mol. The van der Waals surface area contributed by atoms with Gasteiger partial charge in [-0.3, -0.25) is 0 Å². The summed E-state index contributed by atoms with van der Waals surface area (Å²) >= 11 is 0. The zero-order valence-electron chi connectivity index (χ0n) is 11.2. The Morgan fingerprint density at radius 2 is 2.05 bits per heavy atom. The lowest BCUT2D eigenvalue weighted by atomic mass is 10.0. The Morgan fingerprint density at radius 3 is 2.68 bits per heavy atom. The maximum absolute atomic E-state index is 13.5. The van der Waals surface area contributed by atoms with E-state index in [4.69, 9.17) is 5.73 Å². The second-order valence-electron chi connectivity index (χ2n) is 4.60. The Kier molecular flexibility index (Phi) is 4.09. The number of nitrogens with zero attached hydrogens (tertiary/aromatic N) is 4. The van der Waals surface area contributed by atoms with Crippen LogP contribution in [0.4, 0.5) is 10.1 Å². The Hall–Kier alpha value is -1.98. The van der Waals surface area contributed by atoms with Crippen molar-refractivity contribution in [2.45, 2.75) is 33.2 Å². The van der Waals surface area contributed by atoms with Gasteiger partial charge in [0.2, 0.25) is 0 Å². The van der Waals surface area contributed by atoms with E-state index in [2.05, 4.69) is 29.4 Å². The molecule has 2 N–H and O–H groups in total. The molecule has 0 unspecified atom stereocenters. The van der Waals surface area contributed by atoms with E-state index in [1.54, 1.807) is 10.7 Å². The van der Waals surface area contributed by atoms with Gasteiger partial charge >= 0.3 is 0 Å². The molecule has 0 saturated carbocycles. The second-order valence-corrected chi connectivity index (χ2v) is 4.60. The number of rotatable bonds is 5. The van der Waals surface area contributed by atoms with Crippen LogP contribution in [0.1, 0.15) is 26.7 Å². The Balaban J connectivity index is 2.30. The number of hydrogen-bond donors (Lipinski definition) is 1. The minimum absolute atomic E-state index is 0.128. The third kappa shape index (κ3) is 2.89. The Bertz CT molecular complexity index is 548. The summed E-state index contributed by atoms with van der Waals surface area (Å²) in [4.78, 5) is 0. The third-order valence-corrected chi connectivity index (χ3v) is 3.38. The fraction of sp³-hybridized carbons (Fsp3) is 0.462. The zero-order valence-corrected chi connectivity index (χ0v) is 11.2. The van der Waals surface area contributed by atoms with Gasteiger partial charge in [0.25, 0.3) is 0 Å². The highest BCUT2D eigenvalue weighted by molar-refractivity contribution is 5.58. The lowest BCUT2D eigenvalue weighted by molar-refractivity contribution is 0.392. The van der Waals surface area contributed by atoms with Gasteiger partial charge in [-0.2, -0.15) is 0 Å². The molecule has 0 aliphatic carbocycles. The minimum Gasteiger partial charge on any atom is -0.396 e. The van der Waals surface area contributed by atoms with Crippen molar-refractivity contribution in [2.24, 2.45) is 5.92 Å². The first-order chi connectivity index (χ1) is 9.15.